The molecule has 1 amide bonds. The standard InChI is InChI=1S/C12H24N2O.ClH/c1-9(2)8-11-6-4-5-7-14(11)12(15)10(3)13;/h9-11H,4-8,13H2,1-3H3;1H/t10-,11?;/m0./s1. The second kappa shape index (κ2) is 7.13. The van der Waals surface area contributed by atoms with Crippen LogP contribution in [-0.2, 0) is 4.79 Å². The van der Waals surface area contributed by atoms with Crippen molar-refractivity contribution in [2.24, 2.45) is 11.7 Å². The largest absolute Gasteiger partial charge is 0.338 e. The van der Waals surface area contributed by atoms with Crippen LogP contribution in [0.15, 0.2) is 0 Å². The summed E-state index contributed by atoms with van der Waals surface area (Å²) in [6.45, 7) is 7.10. The number of hydrogen-bond donors (Lipinski definition) is 1. The van der Waals surface area contributed by atoms with Crippen LogP contribution in [0.1, 0.15) is 46.5 Å². The van der Waals surface area contributed by atoms with E-state index in [1.54, 1.807) is 6.92 Å². The average molecular weight is 249 g/mol. The van der Waals surface area contributed by atoms with Gasteiger partial charge in [0, 0.05) is 12.6 Å². The van der Waals surface area contributed by atoms with Crippen LogP contribution >= 0.6 is 12.4 Å². The van der Waals surface area contributed by atoms with Crippen LogP contribution in [-0.4, -0.2) is 29.4 Å². The summed E-state index contributed by atoms with van der Waals surface area (Å²) < 4.78 is 0. The van der Waals surface area contributed by atoms with Crippen molar-refractivity contribution in [3.63, 3.8) is 0 Å². The molecule has 1 saturated heterocycles. The number of carbonyl (C=O) groups is 1. The Balaban J connectivity index is 0.00000225. The SMILES string of the molecule is CC(C)CC1CCCCN1C(=O)[C@H](C)N.Cl. The Bertz CT molecular complexity index is 219. The summed E-state index contributed by atoms with van der Waals surface area (Å²) in [7, 11) is 0. The Morgan fingerprint density at radius 1 is 1.38 bits per heavy atom. The van der Waals surface area contributed by atoms with Gasteiger partial charge < -0.3 is 10.6 Å². The van der Waals surface area contributed by atoms with Crippen molar-refractivity contribution >= 4 is 18.3 Å². The lowest BCUT2D eigenvalue weighted by Crippen LogP contribution is -2.50. The summed E-state index contributed by atoms with van der Waals surface area (Å²) in [6.07, 6.45) is 4.64. The molecule has 0 radical (unpaired) electrons. The van der Waals surface area contributed by atoms with E-state index in [0.29, 0.717) is 12.0 Å². The van der Waals surface area contributed by atoms with Gasteiger partial charge in [-0.25, -0.2) is 0 Å². The number of amides is 1. The summed E-state index contributed by atoms with van der Waals surface area (Å²) in [5.41, 5.74) is 5.67. The molecule has 1 aliphatic heterocycles. The van der Waals surface area contributed by atoms with Crippen LogP contribution in [0.4, 0.5) is 0 Å². The van der Waals surface area contributed by atoms with Crippen LogP contribution in [0.5, 0.6) is 0 Å². The smallest absolute Gasteiger partial charge is 0.239 e. The van der Waals surface area contributed by atoms with Crippen molar-refractivity contribution in [1.29, 1.82) is 0 Å². The molecule has 0 spiro atoms. The van der Waals surface area contributed by atoms with Crippen molar-refractivity contribution < 1.29 is 4.79 Å². The quantitative estimate of drug-likeness (QED) is 0.832. The third-order valence-corrected chi connectivity index (χ3v) is 3.04. The van der Waals surface area contributed by atoms with Gasteiger partial charge in [0.05, 0.1) is 6.04 Å². The molecule has 0 aromatic carbocycles. The van der Waals surface area contributed by atoms with Gasteiger partial charge in [0.15, 0.2) is 0 Å². The fourth-order valence-corrected chi connectivity index (χ4v) is 2.34. The molecule has 1 unspecified atom stereocenters. The fourth-order valence-electron chi connectivity index (χ4n) is 2.34. The van der Waals surface area contributed by atoms with E-state index in [0.717, 1.165) is 25.8 Å². The number of likely N-dealkylation sites (tertiary alicyclic amines) is 1. The molecule has 3 nitrogen and oxygen atoms in total. The highest BCUT2D eigenvalue weighted by atomic mass is 35.5. The molecule has 0 bridgehead atoms. The van der Waals surface area contributed by atoms with Gasteiger partial charge in [0.1, 0.15) is 0 Å². The Kier molecular flexibility index (Phi) is 7.00. The lowest BCUT2D eigenvalue weighted by atomic mass is 9.93. The predicted molar refractivity (Wildman–Crippen MR) is 69.7 cm³/mol. The molecule has 0 saturated carbocycles. The van der Waals surface area contributed by atoms with E-state index < -0.39 is 0 Å². The molecule has 2 atom stereocenters. The zero-order valence-electron chi connectivity index (χ0n) is 10.6. The Hall–Kier alpha value is -0.280. The van der Waals surface area contributed by atoms with E-state index in [4.69, 9.17) is 5.73 Å². The average Bonchev–Trinajstić information content (AvgIpc) is 2.16. The van der Waals surface area contributed by atoms with Crippen molar-refractivity contribution in [3.05, 3.63) is 0 Å². The van der Waals surface area contributed by atoms with Crippen molar-refractivity contribution in [1.82, 2.24) is 4.90 Å². The Labute approximate surface area is 105 Å². The minimum atomic E-state index is -0.349. The summed E-state index contributed by atoms with van der Waals surface area (Å²) >= 11 is 0. The number of rotatable bonds is 3. The molecule has 0 aliphatic carbocycles. The van der Waals surface area contributed by atoms with Crippen molar-refractivity contribution in [2.45, 2.75) is 58.5 Å². The van der Waals surface area contributed by atoms with Gasteiger partial charge in [-0.15, -0.1) is 12.4 Å². The zero-order valence-corrected chi connectivity index (χ0v) is 11.4. The summed E-state index contributed by atoms with van der Waals surface area (Å²) in [5, 5.41) is 0. The maximum Gasteiger partial charge on any atom is 0.239 e. The van der Waals surface area contributed by atoms with E-state index in [1.807, 2.05) is 4.90 Å². The Morgan fingerprint density at radius 3 is 2.50 bits per heavy atom. The van der Waals surface area contributed by atoms with Crippen molar-refractivity contribution in [2.75, 3.05) is 6.54 Å². The second-order valence-electron chi connectivity index (χ2n) is 5.10. The molecule has 4 heteroatoms. The second-order valence-corrected chi connectivity index (χ2v) is 5.10. The summed E-state index contributed by atoms with van der Waals surface area (Å²) in [6, 6.07) is 0.0787. The van der Waals surface area contributed by atoms with E-state index in [2.05, 4.69) is 13.8 Å². The number of nitrogens with two attached hydrogens (primary N) is 1. The van der Waals surface area contributed by atoms with Gasteiger partial charge in [-0.3, -0.25) is 4.79 Å². The predicted octanol–water partition coefficient (Wildman–Crippen LogP) is 2.18. The van der Waals surface area contributed by atoms with Gasteiger partial charge >= 0.3 is 0 Å². The highest BCUT2D eigenvalue weighted by Gasteiger charge is 2.28. The molecule has 0 aromatic heterocycles. The monoisotopic (exact) mass is 248 g/mol. The number of carbonyl (C=O) groups excluding carboxylic acids is 1. The first kappa shape index (κ1) is 15.7. The maximum atomic E-state index is 11.9. The van der Waals surface area contributed by atoms with Crippen molar-refractivity contribution in [3.8, 4) is 0 Å². The van der Waals surface area contributed by atoms with Gasteiger partial charge in [0.25, 0.3) is 0 Å². The maximum absolute atomic E-state index is 11.9. The van der Waals surface area contributed by atoms with Crippen LogP contribution < -0.4 is 5.73 Å². The first-order chi connectivity index (χ1) is 7.02. The normalized spacial score (nSPS) is 22.8. The minimum Gasteiger partial charge on any atom is -0.338 e. The molecule has 1 aliphatic rings. The van der Waals surface area contributed by atoms with E-state index in [1.165, 1.54) is 6.42 Å². The van der Waals surface area contributed by atoms with E-state index in [-0.39, 0.29) is 24.4 Å². The van der Waals surface area contributed by atoms with Gasteiger partial charge in [-0.2, -0.15) is 0 Å². The van der Waals surface area contributed by atoms with Crippen LogP contribution in [0.3, 0.4) is 0 Å². The van der Waals surface area contributed by atoms with Crippen LogP contribution in [0, 0.1) is 5.92 Å². The third kappa shape index (κ3) is 4.30. The molecule has 0 aromatic rings. The summed E-state index contributed by atoms with van der Waals surface area (Å²) in [4.78, 5) is 13.9. The molecule has 1 heterocycles. The molecule has 16 heavy (non-hydrogen) atoms. The summed E-state index contributed by atoms with van der Waals surface area (Å²) in [5.74, 6) is 0.775. The number of halogens is 1. The van der Waals surface area contributed by atoms with Gasteiger partial charge in [-0.1, -0.05) is 13.8 Å². The molecule has 96 valence electrons. The third-order valence-electron chi connectivity index (χ3n) is 3.04. The highest BCUT2D eigenvalue weighted by molar-refractivity contribution is 5.85. The van der Waals surface area contributed by atoms with E-state index in [9.17, 15) is 4.79 Å². The minimum absolute atomic E-state index is 0. The molecule has 1 fully saturated rings. The molecule has 1 rings (SSSR count). The fraction of sp³-hybridized carbons (Fsp3) is 0.917. The zero-order chi connectivity index (χ0) is 11.4. The lowest BCUT2D eigenvalue weighted by Gasteiger charge is -2.37. The van der Waals surface area contributed by atoms with Gasteiger partial charge in [-0.05, 0) is 38.5 Å². The molecule has 2 N–H and O–H groups in total. The first-order valence-corrected chi connectivity index (χ1v) is 6.08. The topological polar surface area (TPSA) is 46.3 Å². The number of piperidine rings is 1. The Morgan fingerprint density at radius 2 is 2.00 bits per heavy atom. The van der Waals surface area contributed by atoms with Crippen LogP contribution in [0.2, 0.25) is 0 Å². The van der Waals surface area contributed by atoms with Crippen LogP contribution in [0.25, 0.3) is 0 Å². The number of hydrogen-bond acceptors (Lipinski definition) is 2. The van der Waals surface area contributed by atoms with E-state index >= 15 is 0 Å². The highest BCUT2D eigenvalue weighted by Crippen LogP contribution is 2.23. The first-order valence-electron chi connectivity index (χ1n) is 6.08. The molecular formula is C12H25ClN2O. The number of nitrogens with zero attached hydrogens (tertiary/aromatic N) is 1. The lowest BCUT2D eigenvalue weighted by molar-refractivity contribution is -0.136. The molecular weight excluding hydrogens is 224 g/mol. The van der Waals surface area contributed by atoms with Gasteiger partial charge in [0.2, 0.25) is 5.91 Å².